The molecule has 17 amide bonds. The smallest absolute Gasteiger partial charge is 0.315 e. The number of nitrogens with one attached hydrogen (secondary N) is 27. The standard InChI is InChI=1S/C80H151N37O16S2/c1-45(118)105-56(43-134)73(132)114-49(21-8-12-36-98-60(120)29-3-2-11-35-97-61(121)30-5-4-28-58-62-57(44-135-58)116-80(133)117-62)66(125)109-51(24-15-39-101-76(89)90)68(127)111-52(25-16-40-102-77(91)92)69(128)112-54(27-18-42-104-79(95)96)71(130)115-55(31-32-59(83)119)72(131)113-53(26-17-41-103-78(93)94)70(129)110-50(23-14-38-100-75(87)88)67(126)108-48(20-7-10-34-82)65(124)107-47(19-6-9-33-81)64(123)106-46(63(84)122)22-13-37-99-74(85)86/h46-58,62,134H,2-44,81-82H2,1H3,(H2,83,119)(H2,84,122)(H,97,121)(H,98,120)(H,105,118)(H,106,123)(H,107,124)(H,108,126)(H,109,125)(H,110,129)(H,111,127)(H,112,128)(H,113,131)(H,114,132)(H,115,130)(H4,85,86,99)(H4,87,88,100)(H4,89,90,101)(H4,91,92,102)(H4,93,94,103)(H4,95,96,104)(H2,116,117,133)/t46-,47-,48-,49+,50-,51-,52-,53-,54-,55-,56+,57?,58?,62?/m0/s1. The summed E-state index contributed by atoms with van der Waals surface area (Å²) in [6.45, 7) is 2.05. The highest BCUT2D eigenvalue weighted by Crippen LogP contribution is 2.33. The number of thiol groups is 1. The number of fused-ring (bicyclic) bond motifs is 1. The van der Waals surface area contributed by atoms with E-state index < -0.39 is 186 Å². The van der Waals surface area contributed by atoms with Gasteiger partial charge in [0.05, 0.1) is 12.1 Å². The molecule has 55 heteroatoms. The van der Waals surface area contributed by atoms with Crippen molar-refractivity contribution in [3.8, 4) is 0 Å². The molecule has 764 valence electrons. The molecule has 2 rings (SSSR count). The highest BCUT2D eigenvalue weighted by atomic mass is 32.2. The minimum absolute atomic E-state index is 0.00757. The van der Waals surface area contributed by atoms with Gasteiger partial charge in [0, 0.05) is 95.3 Å². The summed E-state index contributed by atoms with van der Waals surface area (Å²) < 4.78 is 0. The van der Waals surface area contributed by atoms with Crippen LogP contribution in [0, 0.1) is 32.5 Å². The summed E-state index contributed by atoms with van der Waals surface area (Å²) in [5.41, 5.74) is 56.2. The second-order valence-corrected chi connectivity index (χ2v) is 34.4. The molecule has 0 bridgehead atoms. The summed E-state index contributed by atoms with van der Waals surface area (Å²) in [6.07, 6.45) is 4.21. The monoisotopic (exact) mass is 1950 g/mol. The van der Waals surface area contributed by atoms with Crippen LogP contribution in [-0.2, 0) is 71.9 Å². The molecular weight excluding hydrogens is 1800 g/mol. The van der Waals surface area contributed by atoms with E-state index in [1.54, 1.807) is 0 Å². The Morgan fingerprint density at radius 1 is 0.326 bits per heavy atom. The van der Waals surface area contributed by atoms with Gasteiger partial charge in [0.25, 0.3) is 0 Å². The third-order valence-corrected chi connectivity index (χ3v) is 23.3. The summed E-state index contributed by atoms with van der Waals surface area (Å²) in [7, 11) is 0. The quantitative estimate of drug-likeness (QED) is 0.00884. The Balaban J connectivity index is 2.60. The van der Waals surface area contributed by atoms with Gasteiger partial charge in [-0.25, -0.2) is 4.79 Å². The molecular formula is C80H151N37O16S2. The number of amides is 17. The fourth-order valence-electron chi connectivity index (χ4n) is 14.3. The zero-order valence-corrected chi connectivity index (χ0v) is 78.9. The number of guanidine groups is 6. The van der Waals surface area contributed by atoms with Crippen molar-refractivity contribution >= 4 is 155 Å². The van der Waals surface area contributed by atoms with Gasteiger partial charge in [0.2, 0.25) is 88.6 Å². The molecule has 0 radical (unpaired) electrons. The number of carbonyl (C=O) groups is 16. The normalized spacial score (nSPS) is 15.9. The van der Waals surface area contributed by atoms with Crippen molar-refractivity contribution in [2.75, 3.05) is 77.0 Å². The van der Waals surface area contributed by atoms with E-state index in [4.69, 9.17) is 89.8 Å². The van der Waals surface area contributed by atoms with Gasteiger partial charge in [-0.15, -0.1) is 0 Å². The molecule has 135 heavy (non-hydrogen) atoms. The topological polar surface area (TPSA) is 929 Å². The molecule has 0 aromatic carbocycles. The van der Waals surface area contributed by atoms with Crippen LogP contribution in [0.15, 0.2) is 0 Å². The summed E-state index contributed by atoms with van der Waals surface area (Å²) in [5.74, 6) is -14.5. The summed E-state index contributed by atoms with van der Waals surface area (Å²) in [4.78, 5) is 221. The van der Waals surface area contributed by atoms with E-state index in [9.17, 15) is 67.1 Å². The Kier molecular flexibility index (Phi) is 60.2. The number of nitrogens with two attached hydrogens (primary N) is 10. The Bertz CT molecular complexity index is 3880. The first kappa shape index (κ1) is 119. The van der Waals surface area contributed by atoms with E-state index in [1.807, 2.05) is 11.8 Å². The fraction of sp³-hybridized carbons (Fsp3) is 0.725. The number of unbranched alkanes of at least 4 members (excludes halogenated alkanes) is 6. The van der Waals surface area contributed by atoms with Gasteiger partial charge in [0.15, 0.2) is 35.8 Å². The van der Waals surface area contributed by atoms with Crippen molar-refractivity contribution in [2.24, 2.45) is 57.3 Å². The van der Waals surface area contributed by atoms with Crippen LogP contribution in [0.4, 0.5) is 4.79 Å². The predicted octanol–water partition coefficient (Wildman–Crippen LogP) is -9.45. The van der Waals surface area contributed by atoms with Crippen LogP contribution in [0.2, 0.25) is 0 Å². The van der Waals surface area contributed by atoms with Gasteiger partial charge in [-0.2, -0.15) is 24.4 Å². The van der Waals surface area contributed by atoms with Crippen LogP contribution in [0.3, 0.4) is 0 Å². The minimum atomic E-state index is -1.80. The maximum atomic E-state index is 15.0. The van der Waals surface area contributed by atoms with Crippen LogP contribution in [0.1, 0.15) is 206 Å². The van der Waals surface area contributed by atoms with E-state index in [0.717, 1.165) is 18.6 Å². The van der Waals surface area contributed by atoms with Crippen LogP contribution >= 0.6 is 24.4 Å². The highest BCUT2D eigenvalue weighted by molar-refractivity contribution is 8.00. The number of hydrogen-bond donors (Lipinski definition) is 38. The molecule has 3 unspecified atom stereocenters. The number of carbonyl (C=O) groups excluding carboxylic acids is 16. The van der Waals surface area contributed by atoms with Crippen LogP contribution < -0.4 is 169 Å². The van der Waals surface area contributed by atoms with E-state index in [-0.39, 0.29) is 216 Å². The highest BCUT2D eigenvalue weighted by Gasteiger charge is 2.43. The maximum absolute atomic E-state index is 15.0. The zero-order chi connectivity index (χ0) is 101. The van der Waals surface area contributed by atoms with Gasteiger partial charge in [0.1, 0.15) is 66.5 Å². The number of urea groups is 1. The molecule has 0 aromatic rings. The predicted molar refractivity (Wildman–Crippen MR) is 511 cm³/mol. The Hall–Kier alpha value is -12.4. The van der Waals surface area contributed by atoms with E-state index in [2.05, 4.69) is 124 Å². The lowest BCUT2D eigenvalue weighted by Crippen LogP contribution is -2.61. The molecule has 0 spiro atoms. The largest absolute Gasteiger partial charge is 0.370 e. The molecule has 14 atom stereocenters. The maximum Gasteiger partial charge on any atom is 0.315 e. The van der Waals surface area contributed by atoms with Gasteiger partial charge in [-0.1, -0.05) is 12.8 Å². The van der Waals surface area contributed by atoms with Crippen molar-refractivity contribution < 1.29 is 76.7 Å². The van der Waals surface area contributed by atoms with Gasteiger partial charge in [-0.3, -0.25) is 104 Å². The first-order valence-corrected chi connectivity index (χ1v) is 47.5. The first-order valence-electron chi connectivity index (χ1n) is 45.8. The first-order chi connectivity index (χ1) is 64.2. The summed E-state index contributed by atoms with van der Waals surface area (Å²) in [5, 5.41) is 102. The van der Waals surface area contributed by atoms with Crippen LogP contribution in [0.5, 0.6) is 0 Å². The van der Waals surface area contributed by atoms with Gasteiger partial charge in [-0.05, 0) is 180 Å². The Morgan fingerprint density at radius 2 is 0.593 bits per heavy atom. The number of rotatable bonds is 74. The molecule has 47 N–H and O–H groups in total. The van der Waals surface area contributed by atoms with Crippen molar-refractivity contribution in [1.82, 2.24) is 112 Å². The van der Waals surface area contributed by atoms with Gasteiger partial charge >= 0.3 is 6.03 Å². The van der Waals surface area contributed by atoms with Crippen molar-refractivity contribution in [1.29, 1.82) is 32.5 Å². The number of primary amides is 2. The second-order valence-electron chi connectivity index (χ2n) is 32.8. The summed E-state index contributed by atoms with van der Waals surface area (Å²) in [6, 6.07) is -16.5. The van der Waals surface area contributed by atoms with E-state index in [0.29, 0.717) is 69.6 Å². The summed E-state index contributed by atoms with van der Waals surface area (Å²) >= 11 is 6.05. The van der Waals surface area contributed by atoms with E-state index >= 15 is 9.59 Å². The van der Waals surface area contributed by atoms with Gasteiger partial charge < -0.3 is 169 Å². The van der Waals surface area contributed by atoms with Crippen molar-refractivity contribution in [3.63, 3.8) is 0 Å². The van der Waals surface area contributed by atoms with Crippen molar-refractivity contribution in [3.05, 3.63) is 0 Å². The molecule has 2 heterocycles. The molecule has 53 nitrogen and oxygen atoms in total. The average molecular weight is 1950 g/mol. The lowest BCUT2D eigenvalue weighted by Gasteiger charge is -2.29. The van der Waals surface area contributed by atoms with E-state index in [1.165, 1.54) is 6.92 Å². The van der Waals surface area contributed by atoms with Crippen LogP contribution in [-0.4, -0.2) is 291 Å². The number of hydrogen-bond acceptors (Lipinski definition) is 26. The minimum Gasteiger partial charge on any atom is -0.370 e. The third kappa shape index (κ3) is 53.9. The van der Waals surface area contributed by atoms with Crippen LogP contribution in [0.25, 0.3) is 0 Å². The molecule has 0 aromatic heterocycles. The van der Waals surface area contributed by atoms with Crippen molar-refractivity contribution in [2.45, 2.75) is 290 Å². The lowest BCUT2D eigenvalue weighted by atomic mass is 10.0. The Morgan fingerprint density at radius 3 is 0.881 bits per heavy atom. The fourth-order valence-corrected chi connectivity index (χ4v) is 16.1. The molecule has 2 fully saturated rings. The second kappa shape index (κ2) is 68.5. The average Bonchev–Trinajstić information content (AvgIpc) is 1.67. The zero-order valence-electron chi connectivity index (χ0n) is 77.1. The third-order valence-electron chi connectivity index (χ3n) is 21.4. The lowest BCUT2D eigenvalue weighted by molar-refractivity contribution is -0.136. The molecule has 2 aliphatic rings. The SMILES string of the molecule is CC(=O)N[C@H](CS)C(=O)N[C@H](CCCCNC(=O)CCCCCNC(=O)CCCCC1SCC2NC(=O)NC21)C(=O)N[C@@H](CCCNC(=N)N)C(=O)N[C@@H](CCCNC(=N)N)C(=O)N[C@@H](CCCNC(=N)N)C(=O)N[C@@H](CCC(N)=O)C(=O)N[C@@H](CCCNC(=N)N)C(=O)N[C@@H](CCCNC(=N)N)C(=O)N[C@@H](CCCCN)C(=O)N[C@@H](CCCCN)C(=O)N[C@@H](CCCNC(=N)N)C(N)=O. The Labute approximate surface area is 795 Å². The molecule has 2 aliphatic heterocycles. The molecule has 0 saturated carbocycles. The molecule has 0 aliphatic carbocycles. The number of thioether (sulfide) groups is 1. The molecule has 2 saturated heterocycles.